The van der Waals surface area contributed by atoms with Crippen molar-refractivity contribution < 1.29 is 21.6 Å². The maximum Gasteiger partial charge on any atom is 0.497 e. The molecule has 0 aromatic carbocycles. The molecule has 0 bridgehead atoms. The van der Waals surface area contributed by atoms with E-state index in [4.69, 9.17) is 0 Å². The van der Waals surface area contributed by atoms with Crippen LogP contribution in [0.4, 0.5) is 13.2 Å². The molecule has 0 saturated carbocycles. The zero-order valence-corrected chi connectivity index (χ0v) is 8.29. The molecule has 1 saturated heterocycles. The van der Waals surface area contributed by atoms with Gasteiger partial charge < -0.3 is 5.32 Å². The molecule has 0 spiro atoms. The topological polar surface area (TPSA) is 46.2 Å². The van der Waals surface area contributed by atoms with Gasteiger partial charge in [-0.15, -0.1) is 0 Å². The first-order valence-corrected chi connectivity index (χ1v) is 6.00. The maximum atomic E-state index is 11.9. The van der Waals surface area contributed by atoms with Gasteiger partial charge in [-0.3, -0.25) is 0 Å². The lowest BCUT2D eigenvalue weighted by Crippen LogP contribution is -2.30. The molecule has 7 heteroatoms. The standard InChI is InChI=1S/C7H12F3NO2S/c8-7(9,10)14(12,13)5-3-6-2-1-4-11-6/h6,11H,1-5H2/t6-/m0/s1. The summed E-state index contributed by atoms with van der Waals surface area (Å²) < 4.78 is 57.0. The molecule has 0 aliphatic carbocycles. The van der Waals surface area contributed by atoms with Crippen molar-refractivity contribution in [3.63, 3.8) is 0 Å². The smallest absolute Gasteiger partial charge is 0.314 e. The predicted molar refractivity (Wildman–Crippen MR) is 45.5 cm³/mol. The quantitative estimate of drug-likeness (QED) is 0.790. The molecule has 14 heavy (non-hydrogen) atoms. The van der Waals surface area contributed by atoms with Crippen molar-refractivity contribution in [3.8, 4) is 0 Å². The highest BCUT2D eigenvalue weighted by molar-refractivity contribution is 7.92. The van der Waals surface area contributed by atoms with E-state index in [1.165, 1.54) is 0 Å². The van der Waals surface area contributed by atoms with Crippen LogP contribution in [-0.2, 0) is 9.84 Å². The Morgan fingerprint density at radius 2 is 2.00 bits per heavy atom. The van der Waals surface area contributed by atoms with E-state index in [1.807, 2.05) is 0 Å². The van der Waals surface area contributed by atoms with Crippen molar-refractivity contribution in [2.75, 3.05) is 12.3 Å². The second kappa shape index (κ2) is 4.06. The van der Waals surface area contributed by atoms with Crippen molar-refractivity contribution in [1.29, 1.82) is 0 Å². The van der Waals surface area contributed by atoms with Gasteiger partial charge in [0.2, 0.25) is 9.84 Å². The molecule has 0 unspecified atom stereocenters. The number of halogens is 3. The van der Waals surface area contributed by atoms with Crippen molar-refractivity contribution in [2.24, 2.45) is 0 Å². The van der Waals surface area contributed by atoms with E-state index in [9.17, 15) is 21.6 Å². The average Bonchev–Trinajstić information content (AvgIpc) is 2.50. The van der Waals surface area contributed by atoms with Gasteiger partial charge in [-0.25, -0.2) is 8.42 Å². The Morgan fingerprint density at radius 3 is 2.43 bits per heavy atom. The second-order valence-corrected chi connectivity index (χ2v) is 5.45. The highest BCUT2D eigenvalue weighted by atomic mass is 32.2. The largest absolute Gasteiger partial charge is 0.497 e. The van der Waals surface area contributed by atoms with Crippen molar-refractivity contribution in [3.05, 3.63) is 0 Å². The number of nitrogens with one attached hydrogen (secondary N) is 1. The predicted octanol–water partition coefficient (Wildman–Crippen LogP) is 1.06. The van der Waals surface area contributed by atoms with E-state index >= 15 is 0 Å². The molecule has 1 rings (SSSR count). The number of rotatable bonds is 3. The number of sulfone groups is 1. The number of alkyl halides is 3. The van der Waals surface area contributed by atoms with Gasteiger partial charge in [0.25, 0.3) is 0 Å². The van der Waals surface area contributed by atoms with Crippen molar-refractivity contribution in [2.45, 2.75) is 30.8 Å². The first-order valence-electron chi connectivity index (χ1n) is 4.35. The monoisotopic (exact) mass is 231 g/mol. The first kappa shape index (κ1) is 11.8. The van der Waals surface area contributed by atoms with Crippen LogP contribution in [0.1, 0.15) is 19.3 Å². The zero-order valence-electron chi connectivity index (χ0n) is 7.47. The molecule has 0 aromatic heterocycles. The summed E-state index contributed by atoms with van der Waals surface area (Å²) in [5.41, 5.74) is -5.11. The van der Waals surface area contributed by atoms with E-state index in [0.717, 1.165) is 19.4 Å². The Kier molecular flexibility index (Phi) is 3.41. The summed E-state index contributed by atoms with van der Waals surface area (Å²) in [5.74, 6) is -0.811. The zero-order chi connectivity index (χ0) is 10.8. The minimum atomic E-state index is -5.11. The van der Waals surface area contributed by atoms with Gasteiger partial charge in [0.15, 0.2) is 0 Å². The molecular weight excluding hydrogens is 219 g/mol. The Labute approximate surface area is 80.6 Å². The summed E-state index contributed by atoms with van der Waals surface area (Å²) in [6, 6.07) is -0.0767. The summed E-state index contributed by atoms with van der Waals surface area (Å²) in [6.07, 6.45) is 1.70. The molecule has 3 nitrogen and oxygen atoms in total. The van der Waals surface area contributed by atoms with Crippen LogP contribution in [0.2, 0.25) is 0 Å². The Morgan fingerprint density at radius 1 is 1.36 bits per heavy atom. The summed E-state index contributed by atoms with van der Waals surface area (Å²) >= 11 is 0. The van der Waals surface area contributed by atoms with Crippen LogP contribution in [0.15, 0.2) is 0 Å². The van der Waals surface area contributed by atoms with E-state index in [-0.39, 0.29) is 12.5 Å². The van der Waals surface area contributed by atoms with Crippen LogP contribution in [0, 0.1) is 0 Å². The molecule has 1 atom stereocenters. The van der Waals surface area contributed by atoms with Gasteiger partial charge in [0.1, 0.15) is 0 Å². The fourth-order valence-corrected chi connectivity index (χ4v) is 2.24. The maximum absolute atomic E-state index is 11.9. The highest BCUT2D eigenvalue weighted by Crippen LogP contribution is 2.25. The van der Waals surface area contributed by atoms with E-state index in [2.05, 4.69) is 5.32 Å². The SMILES string of the molecule is O=S(=O)(CC[C@@H]1CCCN1)C(F)(F)F. The fraction of sp³-hybridized carbons (Fsp3) is 1.00. The van der Waals surface area contributed by atoms with Crippen LogP contribution in [0.25, 0.3) is 0 Å². The third kappa shape index (κ3) is 2.84. The molecule has 0 radical (unpaired) electrons. The van der Waals surface area contributed by atoms with Crippen LogP contribution in [0.5, 0.6) is 0 Å². The minimum Gasteiger partial charge on any atom is -0.314 e. The lowest BCUT2D eigenvalue weighted by atomic mass is 10.2. The van der Waals surface area contributed by atoms with Crippen LogP contribution >= 0.6 is 0 Å². The third-order valence-corrected chi connectivity index (χ3v) is 3.73. The van der Waals surface area contributed by atoms with Gasteiger partial charge in [0, 0.05) is 6.04 Å². The van der Waals surface area contributed by atoms with Gasteiger partial charge in [-0.1, -0.05) is 0 Å². The van der Waals surface area contributed by atoms with Gasteiger partial charge in [-0.05, 0) is 25.8 Å². The van der Waals surface area contributed by atoms with Gasteiger partial charge >= 0.3 is 5.51 Å². The highest BCUT2D eigenvalue weighted by Gasteiger charge is 2.45. The lowest BCUT2D eigenvalue weighted by Gasteiger charge is -2.11. The van der Waals surface area contributed by atoms with Crippen molar-refractivity contribution in [1.82, 2.24) is 5.32 Å². The van der Waals surface area contributed by atoms with Crippen LogP contribution < -0.4 is 5.32 Å². The normalized spacial score (nSPS) is 24.1. The first-order chi connectivity index (χ1) is 6.33. The van der Waals surface area contributed by atoms with Crippen LogP contribution in [-0.4, -0.2) is 32.3 Å². The summed E-state index contributed by atoms with van der Waals surface area (Å²) in [5, 5.41) is 2.95. The molecule has 1 N–H and O–H groups in total. The average molecular weight is 231 g/mol. The Hall–Kier alpha value is -0.300. The van der Waals surface area contributed by atoms with E-state index < -0.39 is 21.1 Å². The second-order valence-electron chi connectivity index (χ2n) is 3.35. The third-order valence-electron chi connectivity index (χ3n) is 2.25. The molecular formula is C7H12F3NO2S. The molecule has 1 fully saturated rings. The Bertz CT molecular complexity index is 280. The van der Waals surface area contributed by atoms with Crippen molar-refractivity contribution >= 4 is 9.84 Å². The summed E-state index contributed by atoms with van der Waals surface area (Å²) in [7, 11) is -4.93. The molecule has 84 valence electrons. The van der Waals surface area contributed by atoms with E-state index in [1.54, 1.807) is 0 Å². The minimum absolute atomic E-state index is 0.0435. The summed E-state index contributed by atoms with van der Waals surface area (Å²) in [6.45, 7) is 0.761. The molecule has 0 amide bonds. The molecule has 1 aliphatic rings. The molecule has 0 aromatic rings. The molecule has 1 aliphatic heterocycles. The molecule has 1 heterocycles. The number of hydrogen-bond acceptors (Lipinski definition) is 3. The Balaban J connectivity index is 2.44. The lowest BCUT2D eigenvalue weighted by molar-refractivity contribution is -0.0436. The number of hydrogen-bond donors (Lipinski definition) is 1. The summed E-state index contributed by atoms with van der Waals surface area (Å²) in [4.78, 5) is 0. The fourth-order valence-electron chi connectivity index (χ4n) is 1.42. The van der Waals surface area contributed by atoms with Gasteiger partial charge in [0.05, 0.1) is 5.75 Å². The van der Waals surface area contributed by atoms with E-state index in [0.29, 0.717) is 0 Å². The van der Waals surface area contributed by atoms with Crippen LogP contribution in [0.3, 0.4) is 0 Å². The van der Waals surface area contributed by atoms with Gasteiger partial charge in [-0.2, -0.15) is 13.2 Å².